The molecule has 0 radical (unpaired) electrons. The number of carbonyl (C=O) groups excluding carboxylic acids is 1. The van der Waals surface area contributed by atoms with E-state index in [2.05, 4.69) is 10.3 Å². The van der Waals surface area contributed by atoms with Gasteiger partial charge in [-0.1, -0.05) is 54.6 Å². The van der Waals surface area contributed by atoms with Gasteiger partial charge < -0.3 is 14.8 Å². The van der Waals surface area contributed by atoms with E-state index < -0.39 is 0 Å². The molecule has 1 heterocycles. The SMILES string of the molecule is CC(=O)NC(C)c1ccc(-c2ccc(Oc3ccc(OCc4ccccc4)cc3)nc2)cc1. The molecule has 1 aromatic heterocycles. The lowest BCUT2D eigenvalue weighted by atomic mass is 10.0. The topological polar surface area (TPSA) is 60.5 Å². The number of hydrogen-bond donors (Lipinski definition) is 1. The lowest BCUT2D eigenvalue weighted by Crippen LogP contribution is -2.23. The second-order valence-electron chi connectivity index (χ2n) is 7.78. The summed E-state index contributed by atoms with van der Waals surface area (Å²) in [6, 6.07) is 29.4. The average molecular weight is 439 g/mol. The maximum Gasteiger partial charge on any atom is 0.219 e. The number of carbonyl (C=O) groups is 1. The van der Waals surface area contributed by atoms with Gasteiger partial charge in [-0.25, -0.2) is 4.98 Å². The molecule has 0 saturated carbocycles. The van der Waals surface area contributed by atoms with Crippen molar-refractivity contribution < 1.29 is 14.3 Å². The van der Waals surface area contributed by atoms with Crippen molar-refractivity contribution in [2.24, 2.45) is 0 Å². The predicted molar refractivity (Wildman–Crippen MR) is 129 cm³/mol. The van der Waals surface area contributed by atoms with Gasteiger partial charge in [-0.2, -0.15) is 0 Å². The first-order valence-electron chi connectivity index (χ1n) is 10.8. The Morgan fingerprint density at radius 2 is 1.52 bits per heavy atom. The maximum absolute atomic E-state index is 11.2. The number of nitrogens with zero attached hydrogens (tertiary/aromatic N) is 1. The highest BCUT2D eigenvalue weighted by molar-refractivity contribution is 5.73. The van der Waals surface area contributed by atoms with Crippen LogP contribution in [0.1, 0.15) is 31.0 Å². The molecule has 1 N–H and O–H groups in total. The summed E-state index contributed by atoms with van der Waals surface area (Å²) < 4.78 is 11.7. The highest BCUT2D eigenvalue weighted by atomic mass is 16.5. The number of amides is 1. The van der Waals surface area contributed by atoms with E-state index >= 15 is 0 Å². The van der Waals surface area contributed by atoms with Crippen molar-refractivity contribution in [3.8, 4) is 28.5 Å². The Hall–Kier alpha value is -4.12. The monoisotopic (exact) mass is 438 g/mol. The number of rotatable bonds is 8. The summed E-state index contributed by atoms with van der Waals surface area (Å²) in [5, 5.41) is 2.89. The summed E-state index contributed by atoms with van der Waals surface area (Å²) >= 11 is 0. The van der Waals surface area contributed by atoms with E-state index in [1.807, 2.05) is 97.9 Å². The first-order chi connectivity index (χ1) is 16.1. The second-order valence-corrected chi connectivity index (χ2v) is 7.78. The van der Waals surface area contributed by atoms with Gasteiger partial charge in [0.25, 0.3) is 0 Å². The number of benzene rings is 3. The third-order valence-corrected chi connectivity index (χ3v) is 5.19. The van der Waals surface area contributed by atoms with E-state index in [4.69, 9.17) is 9.47 Å². The fraction of sp³-hybridized carbons (Fsp3) is 0.143. The van der Waals surface area contributed by atoms with Gasteiger partial charge in [-0.15, -0.1) is 0 Å². The Balaban J connectivity index is 1.34. The van der Waals surface area contributed by atoms with Crippen LogP contribution in [-0.4, -0.2) is 10.9 Å². The van der Waals surface area contributed by atoms with Crippen LogP contribution in [-0.2, 0) is 11.4 Å². The molecule has 1 atom stereocenters. The minimum Gasteiger partial charge on any atom is -0.489 e. The van der Waals surface area contributed by atoms with Crippen molar-refractivity contribution in [3.63, 3.8) is 0 Å². The Labute approximate surface area is 194 Å². The van der Waals surface area contributed by atoms with E-state index in [-0.39, 0.29) is 11.9 Å². The fourth-order valence-corrected chi connectivity index (χ4v) is 3.43. The Kier molecular flexibility index (Phi) is 7.00. The Morgan fingerprint density at radius 1 is 0.848 bits per heavy atom. The second kappa shape index (κ2) is 10.5. The molecule has 0 saturated heterocycles. The van der Waals surface area contributed by atoms with E-state index in [0.29, 0.717) is 18.2 Å². The molecule has 1 unspecified atom stereocenters. The van der Waals surface area contributed by atoms with Gasteiger partial charge in [0, 0.05) is 24.8 Å². The van der Waals surface area contributed by atoms with Gasteiger partial charge in [0.05, 0.1) is 6.04 Å². The van der Waals surface area contributed by atoms with Gasteiger partial charge in [0.1, 0.15) is 18.1 Å². The Bertz CT molecular complexity index is 1170. The molecule has 0 bridgehead atoms. The van der Waals surface area contributed by atoms with E-state index in [0.717, 1.165) is 28.0 Å². The summed E-state index contributed by atoms with van der Waals surface area (Å²) in [7, 11) is 0. The standard InChI is InChI=1S/C28H26N2O3/c1-20(30-21(2)31)23-8-10-24(11-9-23)25-12-17-28(29-18-25)33-27-15-13-26(14-16-27)32-19-22-6-4-3-5-7-22/h3-18,20H,19H2,1-2H3,(H,30,31). The van der Waals surface area contributed by atoms with E-state index in [9.17, 15) is 4.79 Å². The molecule has 33 heavy (non-hydrogen) atoms. The van der Waals surface area contributed by atoms with Gasteiger partial charge >= 0.3 is 0 Å². The van der Waals surface area contributed by atoms with Gasteiger partial charge in [-0.05, 0) is 53.9 Å². The lowest BCUT2D eigenvalue weighted by molar-refractivity contribution is -0.119. The highest BCUT2D eigenvalue weighted by Gasteiger charge is 2.07. The molecular weight excluding hydrogens is 412 g/mol. The molecule has 4 aromatic rings. The quantitative estimate of drug-likeness (QED) is 0.350. The van der Waals surface area contributed by atoms with Crippen molar-refractivity contribution in [2.45, 2.75) is 26.5 Å². The van der Waals surface area contributed by atoms with E-state index in [1.54, 1.807) is 6.20 Å². The summed E-state index contributed by atoms with van der Waals surface area (Å²) in [6.07, 6.45) is 1.79. The summed E-state index contributed by atoms with van der Waals surface area (Å²) in [6.45, 7) is 4.01. The van der Waals surface area contributed by atoms with Gasteiger partial charge in [-0.3, -0.25) is 4.79 Å². The van der Waals surface area contributed by atoms with E-state index in [1.165, 1.54) is 6.92 Å². The average Bonchev–Trinajstić information content (AvgIpc) is 2.84. The molecule has 0 aliphatic rings. The summed E-state index contributed by atoms with van der Waals surface area (Å²) in [4.78, 5) is 15.7. The molecule has 5 nitrogen and oxygen atoms in total. The smallest absolute Gasteiger partial charge is 0.219 e. The highest BCUT2D eigenvalue weighted by Crippen LogP contribution is 2.26. The van der Waals surface area contributed by atoms with Crippen LogP contribution in [0.5, 0.6) is 17.4 Å². The van der Waals surface area contributed by atoms with Crippen LogP contribution >= 0.6 is 0 Å². The summed E-state index contributed by atoms with van der Waals surface area (Å²) in [5.74, 6) is 1.96. The molecule has 0 aliphatic heterocycles. The number of pyridine rings is 1. The molecule has 3 aromatic carbocycles. The predicted octanol–water partition coefficient (Wildman–Crippen LogP) is 6.32. The molecule has 0 spiro atoms. The number of aromatic nitrogens is 1. The minimum absolute atomic E-state index is 0.0272. The summed E-state index contributed by atoms with van der Waals surface area (Å²) in [5.41, 5.74) is 4.22. The van der Waals surface area contributed by atoms with Crippen LogP contribution in [0.15, 0.2) is 97.2 Å². The van der Waals surface area contributed by atoms with Crippen molar-refractivity contribution >= 4 is 5.91 Å². The molecule has 1 amide bonds. The first kappa shape index (κ1) is 22.1. The van der Waals surface area contributed by atoms with Crippen molar-refractivity contribution in [3.05, 3.63) is 108 Å². The molecule has 0 fully saturated rings. The molecule has 0 aliphatic carbocycles. The fourth-order valence-electron chi connectivity index (χ4n) is 3.43. The molecule has 5 heteroatoms. The number of hydrogen-bond acceptors (Lipinski definition) is 4. The van der Waals surface area contributed by atoms with Crippen LogP contribution in [0.4, 0.5) is 0 Å². The van der Waals surface area contributed by atoms with Crippen LogP contribution in [0.2, 0.25) is 0 Å². The molecular formula is C28H26N2O3. The van der Waals surface area contributed by atoms with Crippen LogP contribution in [0.25, 0.3) is 11.1 Å². The van der Waals surface area contributed by atoms with Crippen LogP contribution < -0.4 is 14.8 Å². The number of ether oxygens (including phenoxy) is 2. The third-order valence-electron chi connectivity index (χ3n) is 5.19. The molecule has 4 rings (SSSR count). The third kappa shape index (κ3) is 6.20. The van der Waals surface area contributed by atoms with Gasteiger partial charge in [0.15, 0.2) is 0 Å². The number of nitrogens with one attached hydrogen (secondary N) is 1. The molecule has 166 valence electrons. The zero-order valence-corrected chi connectivity index (χ0v) is 18.7. The van der Waals surface area contributed by atoms with Crippen LogP contribution in [0, 0.1) is 0 Å². The van der Waals surface area contributed by atoms with Crippen molar-refractivity contribution in [2.75, 3.05) is 0 Å². The van der Waals surface area contributed by atoms with Gasteiger partial charge in [0.2, 0.25) is 11.8 Å². The van der Waals surface area contributed by atoms with Crippen molar-refractivity contribution in [1.82, 2.24) is 10.3 Å². The zero-order chi connectivity index (χ0) is 23.0. The maximum atomic E-state index is 11.2. The van der Waals surface area contributed by atoms with Crippen molar-refractivity contribution in [1.29, 1.82) is 0 Å². The normalized spacial score (nSPS) is 11.5. The zero-order valence-electron chi connectivity index (χ0n) is 18.7. The lowest BCUT2D eigenvalue weighted by Gasteiger charge is -2.13. The Morgan fingerprint density at radius 3 is 2.15 bits per heavy atom. The minimum atomic E-state index is -0.0410. The first-order valence-corrected chi connectivity index (χ1v) is 10.8. The van der Waals surface area contributed by atoms with Crippen LogP contribution in [0.3, 0.4) is 0 Å². The largest absolute Gasteiger partial charge is 0.489 e.